The van der Waals surface area contributed by atoms with Gasteiger partial charge in [-0.25, -0.2) is 0 Å². The van der Waals surface area contributed by atoms with E-state index in [0.29, 0.717) is 28.8 Å². The van der Waals surface area contributed by atoms with Crippen molar-refractivity contribution in [2.24, 2.45) is 5.73 Å². The van der Waals surface area contributed by atoms with E-state index in [-0.39, 0.29) is 12.5 Å². The Morgan fingerprint density at radius 2 is 2.10 bits per heavy atom. The summed E-state index contributed by atoms with van der Waals surface area (Å²) in [7, 11) is 0. The lowest BCUT2D eigenvalue weighted by Crippen LogP contribution is -2.51. The molecule has 1 aromatic carbocycles. The van der Waals surface area contributed by atoms with Crippen molar-refractivity contribution in [2.45, 2.75) is 25.3 Å². The highest BCUT2D eigenvalue weighted by Crippen LogP contribution is 2.28. The van der Waals surface area contributed by atoms with Gasteiger partial charge in [0.05, 0.1) is 5.02 Å². The van der Waals surface area contributed by atoms with Crippen molar-refractivity contribution in [3.8, 4) is 5.75 Å². The third kappa shape index (κ3) is 4.02. The van der Waals surface area contributed by atoms with Crippen molar-refractivity contribution in [3.63, 3.8) is 0 Å². The van der Waals surface area contributed by atoms with Gasteiger partial charge < -0.3 is 15.4 Å². The van der Waals surface area contributed by atoms with Crippen molar-refractivity contribution in [1.29, 1.82) is 0 Å². The zero-order valence-corrected chi connectivity index (χ0v) is 12.9. The maximum absolute atomic E-state index is 12.2. The number of likely N-dealkylation sites (tertiary alicyclic amines) is 1. The Labute approximate surface area is 132 Å². The third-order valence-corrected chi connectivity index (χ3v) is 3.94. The Morgan fingerprint density at radius 1 is 1.33 bits per heavy atom. The van der Waals surface area contributed by atoms with E-state index in [0.717, 1.165) is 12.8 Å². The quantitative estimate of drug-likeness (QED) is 0.920. The Bertz CT molecular complexity index is 551. The fourth-order valence-corrected chi connectivity index (χ4v) is 2.67. The molecule has 1 aliphatic rings. The summed E-state index contributed by atoms with van der Waals surface area (Å²) in [4.78, 5) is 25.1. The zero-order valence-electron chi connectivity index (χ0n) is 11.4. The van der Waals surface area contributed by atoms with Gasteiger partial charge in [-0.1, -0.05) is 23.2 Å². The Hall–Kier alpha value is -1.46. The van der Waals surface area contributed by atoms with Crippen LogP contribution < -0.4 is 10.5 Å². The molecule has 1 atom stereocenters. The normalized spacial score (nSPS) is 18.4. The van der Waals surface area contributed by atoms with Gasteiger partial charge in [-0.2, -0.15) is 0 Å². The van der Waals surface area contributed by atoms with Crippen molar-refractivity contribution in [3.05, 3.63) is 28.2 Å². The highest BCUT2D eigenvalue weighted by molar-refractivity contribution is 6.34. The molecule has 7 heteroatoms. The molecule has 1 aromatic rings. The summed E-state index contributed by atoms with van der Waals surface area (Å²) in [6, 6.07) is 4.21. The number of amides is 2. The van der Waals surface area contributed by atoms with Crippen LogP contribution in [-0.2, 0) is 9.59 Å². The third-order valence-electron chi connectivity index (χ3n) is 3.40. The summed E-state index contributed by atoms with van der Waals surface area (Å²) in [5, 5.41) is 0.840. The smallest absolute Gasteiger partial charge is 0.261 e. The maximum Gasteiger partial charge on any atom is 0.261 e. The number of benzene rings is 1. The van der Waals surface area contributed by atoms with Crippen LogP contribution in [0, 0.1) is 0 Å². The summed E-state index contributed by atoms with van der Waals surface area (Å²) >= 11 is 11.8. The van der Waals surface area contributed by atoms with Gasteiger partial charge in [0.1, 0.15) is 11.8 Å². The molecule has 0 aliphatic carbocycles. The molecule has 2 amide bonds. The average Bonchev–Trinajstić information content (AvgIpc) is 2.47. The topological polar surface area (TPSA) is 72.6 Å². The fraction of sp³-hybridized carbons (Fsp3) is 0.429. The van der Waals surface area contributed by atoms with E-state index in [1.807, 2.05) is 0 Å². The van der Waals surface area contributed by atoms with E-state index in [4.69, 9.17) is 33.7 Å². The van der Waals surface area contributed by atoms with Crippen LogP contribution in [0.25, 0.3) is 0 Å². The highest BCUT2D eigenvalue weighted by atomic mass is 35.5. The van der Waals surface area contributed by atoms with E-state index in [2.05, 4.69) is 0 Å². The number of rotatable bonds is 4. The van der Waals surface area contributed by atoms with E-state index in [1.165, 1.54) is 4.90 Å². The molecule has 0 bridgehead atoms. The predicted octanol–water partition coefficient (Wildman–Crippen LogP) is 2.24. The minimum Gasteiger partial charge on any atom is -0.482 e. The van der Waals surface area contributed by atoms with E-state index >= 15 is 0 Å². The summed E-state index contributed by atoms with van der Waals surface area (Å²) in [5.74, 6) is -0.427. The van der Waals surface area contributed by atoms with Crippen molar-refractivity contribution in [2.75, 3.05) is 13.2 Å². The number of carbonyl (C=O) groups is 2. The minimum absolute atomic E-state index is 0.205. The summed E-state index contributed by atoms with van der Waals surface area (Å²) in [6.07, 6.45) is 2.34. The predicted molar refractivity (Wildman–Crippen MR) is 80.5 cm³/mol. The molecular weight excluding hydrogens is 315 g/mol. The largest absolute Gasteiger partial charge is 0.482 e. The van der Waals surface area contributed by atoms with Gasteiger partial charge in [0.2, 0.25) is 5.91 Å². The van der Waals surface area contributed by atoms with Gasteiger partial charge >= 0.3 is 0 Å². The second kappa shape index (κ2) is 7.00. The lowest BCUT2D eigenvalue weighted by molar-refractivity contribution is -0.142. The number of piperidine rings is 1. The number of ether oxygens (including phenoxy) is 1. The molecule has 2 rings (SSSR count). The van der Waals surface area contributed by atoms with Crippen LogP contribution in [-0.4, -0.2) is 35.9 Å². The van der Waals surface area contributed by atoms with Gasteiger partial charge in [0.15, 0.2) is 6.61 Å². The van der Waals surface area contributed by atoms with Crippen molar-refractivity contribution >= 4 is 35.0 Å². The number of carbonyl (C=O) groups excluding carboxylic acids is 2. The zero-order chi connectivity index (χ0) is 15.4. The SMILES string of the molecule is NC(=O)[C@@H]1CCCCN1C(=O)COc1cc(Cl)ccc1Cl. The number of primary amides is 1. The van der Waals surface area contributed by atoms with Gasteiger partial charge in [0.25, 0.3) is 5.91 Å². The Kier molecular flexibility index (Phi) is 5.31. The van der Waals surface area contributed by atoms with Crippen LogP contribution in [0.5, 0.6) is 5.75 Å². The number of nitrogens with zero attached hydrogens (tertiary/aromatic N) is 1. The average molecular weight is 331 g/mol. The Balaban J connectivity index is 2.00. The number of hydrogen-bond donors (Lipinski definition) is 1. The summed E-state index contributed by atoms with van der Waals surface area (Å²) in [5.41, 5.74) is 5.33. The molecule has 114 valence electrons. The molecule has 0 saturated carbocycles. The van der Waals surface area contributed by atoms with Crippen LogP contribution in [0.1, 0.15) is 19.3 Å². The number of halogens is 2. The standard InChI is InChI=1S/C14H16Cl2N2O3/c15-9-4-5-10(16)12(7-9)21-8-13(19)18-6-2-1-3-11(18)14(17)20/h4-5,7,11H,1-3,6,8H2,(H2,17,20)/t11-/m0/s1. The first-order valence-corrected chi connectivity index (χ1v) is 7.41. The lowest BCUT2D eigenvalue weighted by atomic mass is 10.0. The number of hydrogen-bond acceptors (Lipinski definition) is 3. The first kappa shape index (κ1) is 15.9. The molecule has 1 saturated heterocycles. The molecule has 0 spiro atoms. The van der Waals surface area contributed by atoms with Crippen molar-refractivity contribution < 1.29 is 14.3 Å². The minimum atomic E-state index is -0.551. The summed E-state index contributed by atoms with van der Waals surface area (Å²) < 4.78 is 5.40. The monoisotopic (exact) mass is 330 g/mol. The molecule has 0 aromatic heterocycles. The summed E-state index contributed by atoms with van der Waals surface area (Å²) in [6.45, 7) is 0.308. The molecular formula is C14H16Cl2N2O3. The van der Waals surface area contributed by atoms with E-state index in [9.17, 15) is 9.59 Å². The molecule has 5 nitrogen and oxygen atoms in total. The second-order valence-corrected chi connectivity index (χ2v) is 5.71. The lowest BCUT2D eigenvalue weighted by Gasteiger charge is -2.33. The van der Waals surface area contributed by atoms with Crippen LogP contribution >= 0.6 is 23.2 Å². The second-order valence-electron chi connectivity index (χ2n) is 4.86. The molecule has 0 radical (unpaired) electrons. The molecule has 1 aliphatic heterocycles. The van der Waals surface area contributed by atoms with Gasteiger partial charge in [0, 0.05) is 17.6 Å². The number of nitrogens with two attached hydrogens (primary N) is 1. The van der Waals surface area contributed by atoms with Crippen LogP contribution in [0.15, 0.2) is 18.2 Å². The molecule has 0 unspecified atom stereocenters. The molecule has 21 heavy (non-hydrogen) atoms. The van der Waals surface area contributed by atoms with Crippen molar-refractivity contribution in [1.82, 2.24) is 4.90 Å². The van der Waals surface area contributed by atoms with Crippen LogP contribution in [0.2, 0.25) is 10.0 Å². The van der Waals surface area contributed by atoms with Gasteiger partial charge in [-0.05, 0) is 31.4 Å². The first-order chi connectivity index (χ1) is 9.99. The highest BCUT2D eigenvalue weighted by Gasteiger charge is 2.30. The molecule has 1 heterocycles. The van der Waals surface area contributed by atoms with Gasteiger partial charge in [-0.15, -0.1) is 0 Å². The fourth-order valence-electron chi connectivity index (χ4n) is 2.34. The van der Waals surface area contributed by atoms with E-state index < -0.39 is 11.9 Å². The van der Waals surface area contributed by atoms with Crippen LogP contribution in [0.4, 0.5) is 0 Å². The maximum atomic E-state index is 12.2. The molecule has 1 fully saturated rings. The van der Waals surface area contributed by atoms with Crippen LogP contribution in [0.3, 0.4) is 0 Å². The van der Waals surface area contributed by atoms with E-state index in [1.54, 1.807) is 18.2 Å². The Morgan fingerprint density at radius 3 is 2.81 bits per heavy atom. The molecule has 2 N–H and O–H groups in total. The van der Waals surface area contributed by atoms with Gasteiger partial charge in [-0.3, -0.25) is 9.59 Å². The first-order valence-electron chi connectivity index (χ1n) is 6.65.